The average molecular weight is 208 g/mol. The molecule has 1 aromatic rings. The van der Waals surface area contributed by atoms with Crippen molar-refractivity contribution in [3.63, 3.8) is 0 Å². The number of aliphatic hydroxyl groups is 1. The molecule has 84 valence electrons. The summed E-state index contributed by atoms with van der Waals surface area (Å²) in [4.78, 5) is 0. The van der Waals surface area contributed by atoms with Crippen LogP contribution in [0.2, 0.25) is 0 Å². The van der Waals surface area contributed by atoms with E-state index in [0.717, 1.165) is 29.8 Å². The lowest BCUT2D eigenvalue weighted by Gasteiger charge is -2.18. The quantitative estimate of drug-likeness (QED) is 0.809. The number of nitrogens with zero attached hydrogens (tertiary/aromatic N) is 2. The van der Waals surface area contributed by atoms with E-state index < -0.39 is 0 Å². The second-order valence-corrected chi connectivity index (χ2v) is 4.70. The van der Waals surface area contributed by atoms with Gasteiger partial charge in [-0.1, -0.05) is 12.8 Å². The summed E-state index contributed by atoms with van der Waals surface area (Å²) in [6, 6.07) is 0. The molecule has 0 spiro atoms. The van der Waals surface area contributed by atoms with E-state index in [9.17, 15) is 5.11 Å². The van der Waals surface area contributed by atoms with E-state index in [-0.39, 0.29) is 6.10 Å². The Kier molecular flexibility index (Phi) is 2.83. The van der Waals surface area contributed by atoms with Crippen molar-refractivity contribution in [3.05, 3.63) is 17.0 Å². The Bertz CT molecular complexity index is 351. The Labute approximate surface area is 91.1 Å². The van der Waals surface area contributed by atoms with E-state index in [4.69, 9.17) is 0 Å². The molecule has 0 aliphatic heterocycles. The van der Waals surface area contributed by atoms with Crippen molar-refractivity contribution in [1.29, 1.82) is 0 Å². The normalized spacial score (nSPS) is 19.7. The van der Waals surface area contributed by atoms with Gasteiger partial charge in [-0.3, -0.25) is 4.68 Å². The molecule has 1 unspecified atom stereocenters. The number of hydrogen-bond donors (Lipinski definition) is 1. The maximum absolute atomic E-state index is 10.3. The standard InChI is InChI=1S/C12H20N2O/c1-8-11(9(2)14(3)13-8)12(15)10-6-4-5-7-10/h10,12,15H,4-7H2,1-3H3. The predicted molar refractivity (Wildman–Crippen MR) is 59.6 cm³/mol. The van der Waals surface area contributed by atoms with E-state index >= 15 is 0 Å². The van der Waals surface area contributed by atoms with E-state index in [1.807, 2.05) is 25.6 Å². The van der Waals surface area contributed by atoms with E-state index in [1.165, 1.54) is 12.8 Å². The van der Waals surface area contributed by atoms with Gasteiger partial charge in [0.15, 0.2) is 0 Å². The SMILES string of the molecule is Cc1nn(C)c(C)c1C(O)C1CCCC1. The minimum atomic E-state index is -0.304. The third kappa shape index (κ3) is 1.81. The molecule has 1 saturated carbocycles. The third-order valence-electron chi connectivity index (χ3n) is 3.71. The van der Waals surface area contributed by atoms with Crippen LogP contribution in [0.3, 0.4) is 0 Å². The first-order valence-corrected chi connectivity index (χ1v) is 5.79. The van der Waals surface area contributed by atoms with Gasteiger partial charge in [-0.25, -0.2) is 0 Å². The van der Waals surface area contributed by atoms with Crippen molar-refractivity contribution in [2.45, 2.75) is 45.6 Å². The van der Waals surface area contributed by atoms with Crippen molar-refractivity contribution in [1.82, 2.24) is 9.78 Å². The molecule has 0 amide bonds. The van der Waals surface area contributed by atoms with Crippen LogP contribution >= 0.6 is 0 Å². The van der Waals surface area contributed by atoms with Crippen LogP contribution in [-0.2, 0) is 7.05 Å². The van der Waals surface area contributed by atoms with Crippen LogP contribution in [-0.4, -0.2) is 14.9 Å². The zero-order valence-corrected chi connectivity index (χ0v) is 9.82. The third-order valence-corrected chi connectivity index (χ3v) is 3.71. The molecular formula is C12H20N2O. The fraction of sp³-hybridized carbons (Fsp3) is 0.750. The highest BCUT2D eigenvalue weighted by molar-refractivity contribution is 5.27. The molecule has 3 nitrogen and oxygen atoms in total. The highest BCUT2D eigenvalue weighted by atomic mass is 16.3. The number of aromatic nitrogens is 2. The van der Waals surface area contributed by atoms with Gasteiger partial charge in [0.25, 0.3) is 0 Å². The molecule has 0 aromatic carbocycles. The molecule has 1 aliphatic rings. The molecular weight excluding hydrogens is 188 g/mol. The second kappa shape index (κ2) is 3.97. The van der Waals surface area contributed by atoms with E-state index in [2.05, 4.69) is 5.10 Å². The fourth-order valence-corrected chi connectivity index (χ4v) is 2.73. The highest BCUT2D eigenvalue weighted by Crippen LogP contribution is 2.37. The maximum atomic E-state index is 10.3. The summed E-state index contributed by atoms with van der Waals surface area (Å²) in [5, 5.41) is 14.7. The van der Waals surface area contributed by atoms with Gasteiger partial charge in [0, 0.05) is 18.3 Å². The maximum Gasteiger partial charge on any atom is 0.0853 e. The van der Waals surface area contributed by atoms with Crippen LogP contribution in [0.25, 0.3) is 0 Å². The lowest BCUT2D eigenvalue weighted by molar-refractivity contribution is 0.110. The minimum Gasteiger partial charge on any atom is -0.388 e. The van der Waals surface area contributed by atoms with Crippen LogP contribution in [0.1, 0.15) is 48.7 Å². The summed E-state index contributed by atoms with van der Waals surface area (Å²) in [6.07, 6.45) is 4.55. The first-order valence-electron chi connectivity index (χ1n) is 5.79. The largest absolute Gasteiger partial charge is 0.388 e. The van der Waals surface area contributed by atoms with Gasteiger partial charge >= 0.3 is 0 Å². The predicted octanol–water partition coefficient (Wildman–Crippen LogP) is 2.26. The van der Waals surface area contributed by atoms with Crippen LogP contribution in [0, 0.1) is 19.8 Å². The van der Waals surface area contributed by atoms with Gasteiger partial charge < -0.3 is 5.11 Å². The summed E-state index contributed by atoms with van der Waals surface area (Å²) < 4.78 is 1.86. The molecule has 2 rings (SSSR count). The van der Waals surface area contributed by atoms with Crippen molar-refractivity contribution >= 4 is 0 Å². The number of hydrogen-bond acceptors (Lipinski definition) is 2. The molecule has 1 N–H and O–H groups in total. The van der Waals surface area contributed by atoms with Crippen LogP contribution in [0.15, 0.2) is 0 Å². The van der Waals surface area contributed by atoms with Gasteiger partial charge in [0.2, 0.25) is 0 Å². The minimum absolute atomic E-state index is 0.304. The van der Waals surface area contributed by atoms with E-state index in [1.54, 1.807) is 0 Å². The Morgan fingerprint density at radius 1 is 1.33 bits per heavy atom. The molecule has 1 atom stereocenters. The summed E-state index contributed by atoms with van der Waals surface area (Å²) in [6.45, 7) is 4.02. The van der Waals surface area contributed by atoms with Crippen molar-refractivity contribution < 1.29 is 5.11 Å². The number of aryl methyl sites for hydroxylation is 2. The topological polar surface area (TPSA) is 38.0 Å². The Hall–Kier alpha value is -0.830. The first-order chi connectivity index (χ1) is 7.11. The molecule has 0 radical (unpaired) electrons. The summed E-state index contributed by atoms with van der Waals surface area (Å²) >= 11 is 0. The molecule has 1 fully saturated rings. The first kappa shape index (κ1) is 10.7. The zero-order valence-electron chi connectivity index (χ0n) is 9.82. The second-order valence-electron chi connectivity index (χ2n) is 4.70. The van der Waals surface area contributed by atoms with Gasteiger partial charge in [-0.2, -0.15) is 5.10 Å². The zero-order chi connectivity index (χ0) is 11.0. The monoisotopic (exact) mass is 208 g/mol. The molecule has 0 bridgehead atoms. The number of aliphatic hydroxyl groups excluding tert-OH is 1. The molecule has 15 heavy (non-hydrogen) atoms. The lowest BCUT2D eigenvalue weighted by atomic mass is 9.93. The van der Waals surface area contributed by atoms with Crippen LogP contribution in [0.4, 0.5) is 0 Å². The van der Waals surface area contributed by atoms with Crippen LogP contribution < -0.4 is 0 Å². The van der Waals surface area contributed by atoms with Gasteiger partial charge in [0.05, 0.1) is 11.8 Å². The van der Waals surface area contributed by atoms with Crippen LogP contribution in [0.5, 0.6) is 0 Å². The molecule has 1 heterocycles. The summed E-state index contributed by atoms with van der Waals surface area (Å²) in [7, 11) is 1.94. The highest BCUT2D eigenvalue weighted by Gasteiger charge is 2.28. The van der Waals surface area contributed by atoms with E-state index in [0.29, 0.717) is 5.92 Å². The number of rotatable bonds is 2. The Morgan fingerprint density at radius 3 is 2.40 bits per heavy atom. The Morgan fingerprint density at radius 2 is 1.93 bits per heavy atom. The van der Waals surface area contributed by atoms with Crippen molar-refractivity contribution in [3.8, 4) is 0 Å². The summed E-state index contributed by atoms with van der Waals surface area (Å²) in [5.41, 5.74) is 3.14. The average Bonchev–Trinajstić information content (AvgIpc) is 2.76. The lowest BCUT2D eigenvalue weighted by Crippen LogP contribution is -2.11. The molecule has 1 aromatic heterocycles. The Balaban J connectivity index is 2.27. The van der Waals surface area contributed by atoms with Gasteiger partial charge in [-0.05, 0) is 32.6 Å². The van der Waals surface area contributed by atoms with Crippen molar-refractivity contribution in [2.75, 3.05) is 0 Å². The fourth-order valence-electron chi connectivity index (χ4n) is 2.73. The van der Waals surface area contributed by atoms with Gasteiger partial charge in [0.1, 0.15) is 0 Å². The summed E-state index contributed by atoms with van der Waals surface area (Å²) in [5.74, 6) is 0.451. The van der Waals surface area contributed by atoms with Gasteiger partial charge in [-0.15, -0.1) is 0 Å². The smallest absolute Gasteiger partial charge is 0.0853 e. The molecule has 1 aliphatic carbocycles. The van der Waals surface area contributed by atoms with Crippen molar-refractivity contribution in [2.24, 2.45) is 13.0 Å². The molecule has 0 saturated heterocycles. The molecule has 3 heteroatoms.